The predicted octanol–water partition coefficient (Wildman–Crippen LogP) is 2.72. The zero-order valence-corrected chi connectivity index (χ0v) is 31.3. The molecule has 53 heavy (non-hydrogen) atoms. The number of aryl methyl sites for hydroxylation is 1. The molecule has 0 spiro atoms. The number of amides is 4. The van der Waals surface area contributed by atoms with Crippen LogP contribution in [0.2, 0.25) is 0 Å². The van der Waals surface area contributed by atoms with Crippen molar-refractivity contribution in [2.24, 2.45) is 30.0 Å². The van der Waals surface area contributed by atoms with Gasteiger partial charge >= 0.3 is 5.69 Å². The van der Waals surface area contributed by atoms with Crippen LogP contribution in [0, 0.1) is 17.3 Å². The van der Waals surface area contributed by atoms with Crippen molar-refractivity contribution in [1.29, 1.82) is 0 Å². The number of fused-ring (bicyclic) bond motifs is 1. The van der Waals surface area contributed by atoms with Crippen LogP contribution < -0.4 is 16.7 Å². The summed E-state index contributed by atoms with van der Waals surface area (Å²) in [5, 5.41) is 2.37. The molecule has 4 saturated heterocycles. The number of hydrogen-bond acceptors (Lipinski definition) is 8. The molecule has 0 saturated carbocycles. The number of hydrogen-bond donors (Lipinski definition) is 2. The highest BCUT2D eigenvalue weighted by Gasteiger charge is 2.47. The van der Waals surface area contributed by atoms with E-state index in [1.54, 1.807) is 16.5 Å². The lowest BCUT2D eigenvalue weighted by molar-refractivity contribution is -0.151. The zero-order chi connectivity index (χ0) is 37.6. The number of rotatable bonds is 8. The summed E-state index contributed by atoms with van der Waals surface area (Å²) in [6.45, 7) is 10.3. The Hall–Kier alpha value is -4.33. The van der Waals surface area contributed by atoms with Gasteiger partial charge in [-0.3, -0.25) is 38.5 Å². The monoisotopic (exact) mass is 727 g/mol. The molecular formula is C40H53N7O6. The lowest BCUT2D eigenvalue weighted by Gasteiger charge is -2.39. The van der Waals surface area contributed by atoms with Crippen LogP contribution in [-0.2, 0) is 37.5 Å². The molecule has 4 fully saturated rings. The topological polar surface area (TPSA) is 152 Å². The molecule has 284 valence electrons. The Bertz CT molecular complexity index is 1930. The van der Waals surface area contributed by atoms with Gasteiger partial charge in [-0.15, -0.1) is 0 Å². The van der Waals surface area contributed by atoms with Crippen molar-refractivity contribution in [3.05, 3.63) is 70.1 Å². The van der Waals surface area contributed by atoms with Gasteiger partial charge in [0.05, 0.1) is 30.2 Å². The van der Waals surface area contributed by atoms with Gasteiger partial charge in [0.25, 0.3) is 0 Å². The van der Waals surface area contributed by atoms with E-state index in [0.29, 0.717) is 50.6 Å². The number of carbonyl (C=O) groups is 4. The first-order chi connectivity index (χ1) is 25.3. The van der Waals surface area contributed by atoms with Gasteiger partial charge in [-0.2, -0.15) is 0 Å². The average molecular weight is 728 g/mol. The van der Waals surface area contributed by atoms with E-state index >= 15 is 0 Å². The Labute approximate surface area is 310 Å². The zero-order valence-electron chi connectivity index (χ0n) is 31.3. The van der Waals surface area contributed by atoms with Gasteiger partial charge in [0.2, 0.25) is 23.6 Å². The number of aromatic nitrogens is 2. The molecule has 2 aromatic carbocycles. The molecule has 5 heterocycles. The third-order valence-electron chi connectivity index (χ3n) is 11.9. The van der Waals surface area contributed by atoms with E-state index in [1.165, 1.54) is 4.57 Å². The second kappa shape index (κ2) is 14.8. The van der Waals surface area contributed by atoms with E-state index in [9.17, 15) is 24.0 Å². The molecule has 4 amide bonds. The number of likely N-dealkylation sites (tertiary alicyclic amines) is 2. The average Bonchev–Trinajstić information content (AvgIpc) is 3.84. The van der Waals surface area contributed by atoms with Crippen LogP contribution in [0.3, 0.4) is 0 Å². The largest absolute Gasteiger partial charge is 0.370 e. The Balaban J connectivity index is 1.05. The summed E-state index contributed by atoms with van der Waals surface area (Å²) in [5.41, 5.74) is 9.33. The Kier molecular flexibility index (Phi) is 10.4. The third-order valence-corrected chi connectivity index (χ3v) is 11.9. The van der Waals surface area contributed by atoms with E-state index < -0.39 is 29.4 Å². The smallest absolute Gasteiger partial charge is 0.329 e. The van der Waals surface area contributed by atoms with Crippen LogP contribution in [0.4, 0.5) is 0 Å². The van der Waals surface area contributed by atoms with Crippen LogP contribution in [0.25, 0.3) is 11.0 Å². The minimum atomic E-state index is -0.718. The minimum absolute atomic E-state index is 0.01000. The summed E-state index contributed by atoms with van der Waals surface area (Å²) in [7, 11) is 1.71. The molecular weight excluding hydrogens is 674 g/mol. The number of nitrogens with one attached hydrogen (secondary N) is 1. The van der Waals surface area contributed by atoms with Crippen molar-refractivity contribution in [3.63, 3.8) is 0 Å². The molecule has 3 aromatic rings. The molecule has 0 radical (unpaired) electrons. The van der Waals surface area contributed by atoms with Gasteiger partial charge in [0.15, 0.2) is 0 Å². The molecule has 7 rings (SSSR count). The summed E-state index contributed by atoms with van der Waals surface area (Å²) >= 11 is 0. The lowest BCUT2D eigenvalue weighted by atomic mass is 9.85. The van der Waals surface area contributed by atoms with Gasteiger partial charge in [-0.25, -0.2) is 4.79 Å². The van der Waals surface area contributed by atoms with Crippen molar-refractivity contribution < 1.29 is 23.9 Å². The summed E-state index contributed by atoms with van der Waals surface area (Å²) in [5.74, 6) is -0.533. The quantitative estimate of drug-likeness (QED) is 0.337. The van der Waals surface area contributed by atoms with Crippen LogP contribution >= 0.6 is 0 Å². The van der Waals surface area contributed by atoms with Gasteiger partial charge in [-0.1, -0.05) is 57.2 Å². The van der Waals surface area contributed by atoms with Crippen molar-refractivity contribution in [2.45, 2.75) is 83.6 Å². The number of imidazole rings is 1. The number of piperidine rings is 1. The molecule has 13 nitrogen and oxygen atoms in total. The Morgan fingerprint density at radius 3 is 2.47 bits per heavy atom. The summed E-state index contributed by atoms with van der Waals surface area (Å²) < 4.78 is 9.17. The predicted molar refractivity (Wildman–Crippen MR) is 199 cm³/mol. The van der Waals surface area contributed by atoms with Crippen LogP contribution in [0.5, 0.6) is 0 Å². The maximum atomic E-state index is 14.5. The number of nitrogens with zero attached hydrogens (tertiary/aromatic N) is 5. The maximum absolute atomic E-state index is 14.5. The lowest BCUT2D eigenvalue weighted by Crippen LogP contribution is -2.58. The van der Waals surface area contributed by atoms with Crippen molar-refractivity contribution in [1.82, 2.24) is 29.2 Å². The van der Waals surface area contributed by atoms with E-state index in [4.69, 9.17) is 10.5 Å². The van der Waals surface area contributed by atoms with Gasteiger partial charge in [0, 0.05) is 39.6 Å². The van der Waals surface area contributed by atoms with Crippen molar-refractivity contribution in [3.8, 4) is 0 Å². The number of nitrogens with two attached hydrogens (primary N) is 1. The second-order valence-corrected chi connectivity index (χ2v) is 16.6. The molecule has 1 unspecified atom stereocenters. The van der Waals surface area contributed by atoms with Crippen LogP contribution in [-0.4, -0.2) is 98.9 Å². The Morgan fingerprint density at radius 2 is 1.74 bits per heavy atom. The third kappa shape index (κ3) is 7.43. The van der Waals surface area contributed by atoms with Crippen LogP contribution in [0.15, 0.2) is 53.3 Å². The van der Waals surface area contributed by atoms with Crippen LogP contribution in [0.1, 0.15) is 76.1 Å². The number of ether oxygens (including phenoxy) is 1. The number of benzene rings is 2. The van der Waals surface area contributed by atoms with E-state index in [0.717, 1.165) is 49.0 Å². The molecule has 13 heteroatoms. The van der Waals surface area contributed by atoms with Gasteiger partial charge < -0.3 is 20.3 Å². The molecule has 4 aliphatic rings. The molecule has 6 atom stereocenters. The van der Waals surface area contributed by atoms with E-state index in [-0.39, 0.29) is 41.9 Å². The fourth-order valence-electron chi connectivity index (χ4n) is 8.81. The van der Waals surface area contributed by atoms with Crippen molar-refractivity contribution >= 4 is 34.7 Å². The normalized spacial score (nSPS) is 26.3. The molecule has 3 N–H and O–H groups in total. The molecule has 0 aliphatic carbocycles. The molecule has 0 bridgehead atoms. The minimum Gasteiger partial charge on any atom is -0.370 e. The number of carbonyl (C=O) groups excluding carboxylic acids is 4. The fraction of sp³-hybridized carbons (Fsp3) is 0.575. The first-order valence-corrected chi connectivity index (χ1v) is 19.1. The summed E-state index contributed by atoms with van der Waals surface area (Å²) in [6.07, 6.45) is 2.88. The Morgan fingerprint density at radius 1 is 0.962 bits per heavy atom. The highest BCUT2D eigenvalue weighted by molar-refractivity contribution is 6.00. The van der Waals surface area contributed by atoms with E-state index in [1.807, 2.05) is 74.2 Å². The standard InChI is InChI=1S/C40H53N7O6/c1-40(2,3)35(41)38(51)46-17-15-28(34(46)37(50)45-18-19-53-32(24-45)27-8-6-5-7-9-27)20-26-14-16-44(23-26)22-25-10-11-29-31(21-25)43(4)39(52)47(29)30-12-13-33(48)42-36(30)49/h5-11,21,26,28,30,32,34-35H,12-20,22-24,41H2,1-4H3,(H,42,48,49)/t26-,28-,30?,32-,34-,35+/m0/s1. The second-order valence-electron chi connectivity index (χ2n) is 16.6. The van der Waals surface area contributed by atoms with Gasteiger partial charge in [-0.05, 0) is 72.7 Å². The highest BCUT2D eigenvalue weighted by atomic mass is 16.5. The maximum Gasteiger partial charge on any atom is 0.329 e. The molecule has 1 aromatic heterocycles. The summed E-state index contributed by atoms with van der Waals surface area (Å²) in [4.78, 5) is 72.1. The number of morpholine rings is 1. The van der Waals surface area contributed by atoms with Crippen molar-refractivity contribution in [2.75, 3.05) is 39.3 Å². The SMILES string of the molecule is Cn1c(=O)n(C2CCC(=O)NC2=O)c2ccc(CN3CC[C@@H](C[C@@H]4CCN(C(=O)[C@@H](N)C(C)(C)C)[C@@H]4C(=O)N4CCO[C@H](c5ccccc5)C4)C3)cc21. The van der Waals surface area contributed by atoms with E-state index in [2.05, 4.69) is 10.2 Å². The first-order valence-electron chi connectivity index (χ1n) is 19.1. The van der Waals surface area contributed by atoms with Gasteiger partial charge in [0.1, 0.15) is 18.2 Å². The fourth-order valence-corrected chi connectivity index (χ4v) is 8.81. The number of imide groups is 1. The highest BCUT2D eigenvalue weighted by Crippen LogP contribution is 2.37. The summed E-state index contributed by atoms with van der Waals surface area (Å²) in [6, 6.07) is 13.9. The molecule has 4 aliphatic heterocycles. The first kappa shape index (κ1) is 37.0.